The van der Waals surface area contributed by atoms with Crippen molar-refractivity contribution in [3.05, 3.63) is 23.0 Å². The molecule has 2 rings (SSSR count). The molecule has 0 spiro atoms. The Morgan fingerprint density at radius 2 is 2.17 bits per heavy atom. The van der Waals surface area contributed by atoms with Gasteiger partial charge >= 0.3 is 0 Å². The predicted octanol–water partition coefficient (Wildman–Crippen LogP) is 3.28. The molecule has 0 N–H and O–H groups in total. The van der Waals surface area contributed by atoms with Gasteiger partial charge < -0.3 is 0 Å². The summed E-state index contributed by atoms with van der Waals surface area (Å²) >= 11 is 1.69. The Morgan fingerprint density at radius 1 is 1.33 bits per heavy atom. The van der Waals surface area contributed by atoms with Crippen LogP contribution in [0.1, 0.15) is 37.8 Å². The topological polar surface area (TPSA) is 12.9 Å². The van der Waals surface area contributed by atoms with Gasteiger partial charge in [0.15, 0.2) is 0 Å². The highest BCUT2D eigenvalue weighted by Gasteiger charge is 2.14. The maximum absolute atomic E-state index is 4.27. The number of aromatic nitrogens is 1. The first-order valence-electron chi connectivity index (χ1n) is 4.68. The van der Waals surface area contributed by atoms with Crippen molar-refractivity contribution >= 4 is 11.3 Å². The minimum absolute atomic E-state index is 0.806. The Kier molecular flexibility index (Phi) is 2.77. The highest BCUT2D eigenvalue weighted by Crippen LogP contribution is 2.27. The summed E-state index contributed by atoms with van der Waals surface area (Å²) in [6.07, 6.45) is 9.34. The average molecular weight is 180 g/mol. The molecule has 0 unspecified atom stereocenters. The molecule has 65 valence electrons. The summed E-state index contributed by atoms with van der Waals surface area (Å²) in [5.74, 6) is 0.806. The third-order valence-corrected chi connectivity index (χ3v) is 3.11. The molecule has 0 atom stereocenters. The van der Waals surface area contributed by atoms with E-state index in [4.69, 9.17) is 0 Å². The minimum Gasteiger partial charge on any atom is -0.249 e. The summed E-state index contributed by atoms with van der Waals surface area (Å²) in [6, 6.07) is 0. The maximum atomic E-state index is 4.27. The molecule has 1 aromatic heterocycles. The Morgan fingerprint density at radius 3 is 2.83 bits per heavy atom. The van der Waals surface area contributed by atoms with Gasteiger partial charge in [-0.25, -0.2) is 4.98 Å². The van der Waals surface area contributed by atoms with Crippen LogP contribution < -0.4 is 0 Å². The standard InChI is InChI=1S/C10H14NS/c1-2-4-9(5-3-1)6-10-7-12-8-11-10/h6-9H,1-5H2. The van der Waals surface area contributed by atoms with E-state index in [0.29, 0.717) is 0 Å². The van der Waals surface area contributed by atoms with Crippen molar-refractivity contribution in [3.63, 3.8) is 0 Å². The van der Waals surface area contributed by atoms with Gasteiger partial charge in [0.2, 0.25) is 0 Å². The van der Waals surface area contributed by atoms with Crippen LogP contribution in [-0.2, 0) is 0 Å². The summed E-state index contributed by atoms with van der Waals surface area (Å²) in [5, 5.41) is 2.13. The molecule has 0 aromatic carbocycles. The van der Waals surface area contributed by atoms with E-state index in [-0.39, 0.29) is 0 Å². The number of hydrogen-bond acceptors (Lipinski definition) is 2. The number of thiazole rings is 1. The Bertz CT molecular complexity index is 212. The van der Waals surface area contributed by atoms with E-state index in [1.165, 1.54) is 37.8 Å². The smallest absolute Gasteiger partial charge is 0.0794 e. The quantitative estimate of drug-likeness (QED) is 0.680. The van der Waals surface area contributed by atoms with Crippen LogP contribution in [0.2, 0.25) is 0 Å². The third-order valence-electron chi connectivity index (χ3n) is 2.51. The van der Waals surface area contributed by atoms with E-state index >= 15 is 0 Å². The van der Waals surface area contributed by atoms with Gasteiger partial charge in [-0.15, -0.1) is 11.3 Å². The van der Waals surface area contributed by atoms with Crippen molar-refractivity contribution in [1.82, 2.24) is 4.98 Å². The number of rotatable bonds is 2. The predicted molar refractivity (Wildman–Crippen MR) is 52.1 cm³/mol. The molecule has 12 heavy (non-hydrogen) atoms. The van der Waals surface area contributed by atoms with Crippen molar-refractivity contribution in [2.45, 2.75) is 32.1 Å². The maximum Gasteiger partial charge on any atom is 0.0794 e. The van der Waals surface area contributed by atoms with Crippen molar-refractivity contribution in [2.75, 3.05) is 0 Å². The SMILES string of the molecule is [CH](c1cscn1)C1CCCCC1. The van der Waals surface area contributed by atoms with E-state index < -0.39 is 0 Å². The molecule has 1 aliphatic rings. The number of nitrogens with zero attached hydrogens (tertiary/aromatic N) is 1. The molecule has 0 saturated heterocycles. The lowest BCUT2D eigenvalue weighted by Crippen LogP contribution is -2.07. The molecule has 1 nitrogen and oxygen atoms in total. The third kappa shape index (κ3) is 2.07. The van der Waals surface area contributed by atoms with Crippen molar-refractivity contribution in [1.29, 1.82) is 0 Å². The van der Waals surface area contributed by atoms with Crippen molar-refractivity contribution in [2.24, 2.45) is 5.92 Å². The summed E-state index contributed by atoms with van der Waals surface area (Å²) in [6.45, 7) is 0. The first-order valence-corrected chi connectivity index (χ1v) is 5.62. The highest BCUT2D eigenvalue weighted by molar-refractivity contribution is 7.07. The van der Waals surface area contributed by atoms with E-state index in [1.807, 2.05) is 5.51 Å². The van der Waals surface area contributed by atoms with Crippen molar-refractivity contribution < 1.29 is 0 Å². The lowest BCUT2D eigenvalue weighted by atomic mass is 9.86. The zero-order valence-corrected chi connectivity index (χ0v) is 8.02. The van der Waals surface area contributed by atoms with E-state index in [0.717, 1.165) is 5.92 Å². The highest BCUT2D eigenvalue weighted by atomic mass is 32.1. The summed E-state index contributed by atoms with van der Waals surface area (Å²) in [7, 11) is 0. The molecule has 1 heterocycles. The molecule has 2 heteroatoms. The van der Waals surface area contributed by atoms with Gasteiger partial charge in [0.1, 0.15) is 0 Å². The fourth-order valence-corrected chi connectivity index (χ4v) is 2.37. The largest absolute Gasteiger partial charge is 0.249 e. The van der Waals surface area contributed by atoms with E-state index in [2.05, 4.69) is 16.8 Å². The molecule has 1 saturated carbocycles. The zero-order chi connectivity index (χ0) is 8.23. The van der Waals surface area contributed by atoms with Gasteiger partial charge in [-0.05, 0) is 18.8 Å². The van der Waals surface area contributed by atoms with Crippen LogP contribution in [0.15, 0.2) is 10.9 Å². The first-order chi connectivity index (χ1) is 5.95. The monoisotopic (exact) mass is 180 g/mol. The van der Waals surface area contributed by atoms with Gasteiger partial charge in [0, 0.05) is 11.8 Å². The van der Waals surface area contributed by atoms with Gasteiger partial charge in [-0.1, -0.05) is 19.3 Å². The second-order valence-electron chi connectivity index (χ2n) is 3.48. The van der Waals surface area contributed by atoms with E-state index in [1.54, 1.807) is 11.3 Å². The normalized spacial score (nSPS) is 19.7. The van der Waals surface area contributed by atoms with Crippen LogP contribution in [0.3, 0.4) is 0 Å². The first kappa shape index (κ1) is 8.24. The molecular formula is C10H14NS. The van der Waals surface area contributed by atoms with Crippen LogP contribution in [0.25, 0.3) is 0 Å². The molecule has 1 aromatic rings. The van der Waals surface area contributed by atoms with Gasteiger partial charge in [-0.3, -0.25) is 0 Å². The van der Waals surface area contributed by atoms with Crippen LogP contribution in [-0.4, -0.2) is 4.98 Å². The van der Waals surface area contributed by atoms with Crippen LogP contribution in [0, 0.1) is 12.3 Å². The summed E-state index contributed by atoms with van der Waals surface area (Å²) < 4.78 is 0. The lowest BCUT2D eigenvalue weighted by Gasteiger charge is -2.19. The molecule has 1 aliphatic carbocycles. The van der Waals surface area contributed by atoms with Gasteiger partial charge in [-0.2, -0.15) is 0 Å². The average Bonchev–Trinajstić information content (AvgIpc) is 2.59. The van der Waals surface area contributed by atoms with Crippen molar-refractivity contribution in [3.8, 4) is 0 Å². The number of hydrogen-bond donors (Lipinski definition) is 0. The zero-order valence-electron chi connectivity index (χ0n) is 7.20. The minimum atomic E-state index is 0.806. The Balaban J connectivity index is 1.86. The molecule has 0 aliphatic heterocycles. The fraction of sp³-hybridized carbons (Fsp3) is 0.600. The van der Waals surface area contributed by atoms with Gasteiger partial charge in [0.05, 0.1) is 11.2 Å². The summed E-state index contributed by atoms with van der Waals surface area (Å²) in [5.41, 5.74) is 3.10. The molecular weight excluding hydrogens is 166 g/mol. The summed E-state index contributed by atoms with van der Waals surface area (Å²) in [4.78, 5) is 4.27. The Hall–Kier alpha value is -0.370. The Labute approximate surface area is 77.8 Å². The second kappa shape index (κ2) is 4.04. The van der Waals surface area contributed by atoms with E-state index in [9.17, 15) is 0 Å². The molecule has 0 bridgehead atoms. The molecule has 1 fully saturated rings. The van der Waals surface area contributed by atoms with Gasteiger partial charge in [0.25, 0.3) is 0 Å². The molecule has 1 radical (unpaired) electrons. The lowest BCUT2D eigenvalue weighted by molar-refractivity contribution is 0.402. The van der Waals surface area contributed by atoms with Crippen LogP contribution >= 0.6 is 11.3 Å². The van der Waals surface area contributed by atoms with Crippen LogP contribution in [0.5, 0.6) is 0 Å². The fourth-order valence-electron chi connectivity index (χ4n) is 1.85. The molecule has 0 amide bonds. The van der Waals surface area contributed by atoms with Crippen LogP contribution in [0.4, 0.5) is 0 Å². The second-order valence-corrected chi connectivity index (χ2v) is 4.20.